The first kappa shape index (κ1) is 31.6. The van der Waals surface area contributed by atoms with Crippen LogP contribution in [0.3, 0.4) is 0 Å². The fraction of sp³-hybridized carbons (Fsp3) is 0.655. The summed E-state index contributed by atoms with van der Waals surface area (Å²) in [6.07, 6.45) is 9.56. The van der Waals surface area contributed by atoms with Crippen LogP contribution in [0, 0.1) is 0 Å². The Balaban J connectivity index is 2.57. The Kier molecular flexibility index (Phi) is 15.4. The third-order valence-corrected chi connectivity index (χ3v) is 10.8. The van der Waals surface area contributed by atoms with Crippen molar-refractivity contribution in [1.29, 1.82) is 0 Å². The second kappa shape index (κ2) is 17.1. The van der Waals surface area contributed by atoms with E-state index in [4.69, 9.17) is 23.4 Å². The van der Waals surface area contributed by atoms with Gasteiger partial charge in [-0.3, -0.25) is 0 Å². The van der Waals surface area contributed by atoms with E-state index in [1.807, 2.05) is 31.2 Å². The van der Waals surface area contributed by atoms with Gasteiger partial charge in [0.15, 0.2) is 8.32 Å². The Labute approximate surface area is 216 Å². The van der Waals surface area contributed by atoms with Crippen LogP contribution in [0.2, 0.25) is 18.1 Å². The van der Waals surface area contributed by atoms with Crippen molar-refractivity contribution in [3.8, 4) is 5.75 Å². The molecule has 6 heteroatoms. The SMILES string of the molecule is CCOCCOCCC/C=C(C)/C=C/C(CCOCc1ccc(OC)cc1)O[Si](C)(C)C(C)(C)C. The predicted octanol–water partition coefficient (Wildman–Crippen LogP) is 7.33. The van der Waals surface area contributed by atoms with E-state index < -0.39 is 8.32 Å². The largest absolute Gasteiger partial charge is 0.497 e. The van der Waals surface area contributed by atoms with Crippen LogP contribution in [0.4, 0.5) is 0 Å². The number of rotatable bonds is 18. The third-order valence-electron chi connectivity index (χ3n) is 6.34. The van der Waals surface area contributed by atoms with Crippen molar-refractivity contribution in [3.63, 3.8) is 0 Å². The van der Waals surface area contributed by atoms with E-state index in [1.54, 1.807) is 7.11 Å². The molecule has 0 aliphatic rings. The molecule has 0 aliphatic carbocycles. The standard InChI is InChI=1S/C29H50O5Si/c1-9-31-22-23-32-20-11-10-12-25(2)13-16-28(34-35(7,8)29(3,4)5)19-21-33-24-26-14-17-27(30-6)18-15-26/h12-18,28H,9-11,19-24H2,1-8H3/b16-13+,25-12+. The van der Waals surface area contributed by atoms with Crippen LogP contribution in [0.25, 0.3) is 0 Å². The maximum atomic E-state index is 6.72. The summed E-state index contributed by atoms with van der Waals surface area (Å²) >= 11 is 0. The van der Waals surface area contributed by atoms with Crippen LogP contribution in [0.5, 0.6) is 5.75 Å². The smallest absolute Gasteiger partial charge is 0.192 e. The molecule has 1 aromatic rings. The number of allylic oxidation sites excluding steroid dienone is 3. The first-order valence-electron chi connectivity index (χ1n) is 13.0. The molecule has 0 spiro atoms. The number of unbranched alkanes of at least 4 members (excludes halogenated alkanes) is 1. The summed E-state index contributed by atoms with van der Waals surface area (Å²) in [6.45, 7) is 19.7. The quantitative estimate of drug-likeness (QED) is 0.118. The van der Waals surface area contributed by atoms with Gasteiger partial charge in [0.2, 0.25) is 0 Å². The number of methoxy groups -OCH3 is 1. The first-order valence-corrected chi connectivity index (χ1v) is 15.9. The maximum Gasteiger partial charge on any atom is 0.192 e. The van der Waals surface area contributed by atoms with E-state index in [1.165, 1.54) is 5.57 Å². The van der Waals surface area contributed by atoms with Gasteiger partial charge in [-0.15, -0.1) is 0 Å². The zero-order valence-electron chi connectivity index (χ0n) is 23.5. The Morgan fingerprint density at radius 3 is 2.29 bits per heavy atom. The van der Waals surface area contributed by atoms with Gasteiger partial charge in [0.05, 0.1) is 33.0 Å². The van der Waals surface area contributed by atoms with Crippen LogP contribution in [0.1, 0.15) is 59.4 Å². The molecule has 0 amide bonds. The Hall–Kier alpha value is -1.44. The lowest BCUT2D eigenvalue weighted by molar-refractivity contribution is 0.0522. The van der Waals surface area contributed by atoms with Crippen molar-refractivity contribution in [2.24, 2.45) is 0 Å². The number of benzene rings is 1. The molecule has 5 nitrogen and oxygen atoms in total. The van der Waals surface area contributed by atoms with Crippen molar-refractivity contribution in [3.05, 3.63) is 53.6 Å². The first-order chi connectivity index (χ1) is 16.6. The molecule has 0 bridgehead atoms. The lowest BCUT2D eigenvalue weighted by Gasteiger charge is -2.38. The van der Waals surface area contributed by atoms with Gasteiger partial charge in [-0.1, -0.05) is 56.7 Å². The molecule has 1 aromatic carbocycles. The molecule has 1 rings (SSSR count). The van der Waals surface area contributed by atoms with Crippen LogP contribution >= 0.6 is 0 Å². The molecule has 0 aromatic heterocycles. The highest BCUT2D eigenvalue weighted by molar-refractivity contribution is 6.74. The van der Waals surface area contributed by atoms with Crippen molar-refractivity contribution in [2.75, 3.05) is 40.1 Å². The maximum absolute atomic E-state index is 6.72. The molecule has 0 heterocycles. The van der Waals surface area contributed by atoms with Crippen molar-refractivity contribution < 1.29 is 23.4 Å². The summed E-state index contributed by atoms with van der Waals surface area (Å²) in [5.41, 5.74) is 2.39. The summed E-state index contributed by atoms with van der Waals surface area (Å²) in [4.78, 5) is 0. The molecule has 1 atom stereocenters. The van der Waals surface area contributed by atoms with Crippen LogP contribution < -0.4 is 4.74 Å². The van der Waals surface area contributed by atoms with E-state index >= 15 is 0 Å². The molecule has 35 heavy (non-hydrogen) atoms. The van der Waals surface area contributed by atoms with E-state index in [-0.39, 0.29) is 11.1 Å². The lowest BCUT2D eigenvalue weighted by atomic mass is 10.1. The van der Waals surface area contributed by atoms with Crippen molar-refractivity contribution in [2.45, 2.75) is 84.7 Å². The minimum atomic E-state index is -1.89. The molecule has 0 radical (unpaired) electrons. The van der Waals surface area contributed by atoms with Gasteiger partial charge in [0.25, 0.3) is 0 Å². The molecular weight excluding hydrogens is 456 g/mol. The summed E-state index contributed by atoms with van der Waals surface area (Å²) in [5.74, 6) is 0.860. The lowest BCUT2D eigenvalue weighted by Crippen LogP contribution is -2.43. The van der Waals surface area contributed by atoms with Crippen molar-refractivity contribution >= 4 is 8.32 Å². The summed E-state index contributed by atoms with van der Waals surface area (Å²) in [6, 6.07) is 8.01. The highest BCUT2D eigenvalue weighted by Crippen LogP contribution is 2.37. The van der Waals surface area contributed by atoms with E-state index in [9.17, 15) is 0 Å². The van der Waals surface area contributed by atoms with Crippen LogP contribution in [0.15, 0.2) is 48.1 Å². The van der Waals surface area contributed by atoms with Gasteiger partial charge < -0.3 is 23.4 Å². The van der Waals surface area contributed by atoms with Gasteiger partial charge in [-0.25, -0.2) is 0 Å². The zero-order valence-corrected chi connectivity index (χ0v) is 24.5. The normalized spacial score (nSPS) is 14.0. The van der Waals surface area contributed by atoms with E-state index in [2.05, 4.69) is 59.0 Å². The van der Waals surface area contributed by atoms with Gasteiger partial charge in [-0.2, -0.15) is 0 Å². The van der Waals surface area contributed by atoms with Crippen molar-refractivity contribution in [1.82, 2.24) is 0 Å². The fourth-order valence-electron chi connectivity index (χ4n) is 3.07. The molecular formula is C29H50O5Si. The van der Waals surface area contributed by atoms with Gasteiger partial charge >= 0.3 is 0 Å². The second-order valence-corrected chi connectivity index (χ2v) is 15.1. The molecule has 0 fully saturated rings. The average Bonchev–Trinajstić information content (AvgIpc) is 2.81. The number of hydrogen-bond acceptors (Lipinski definition) is 5. The summed E-state index contributed by atoms with van der Waals surface area (Å²) in [7, 11) is -0.213. The van der Waals surface area contributed by atoms with Crippen LogP contribution in [-0.2, 0) is 25.2 Å². The minimum absolute atomic E-state index is 0.0389. The van der Waals surface area contributed by atoms with Gasteiger partial charge in [0.1, 0.15) is 5.75 Å². The predicted molar refractivity (Wildman–Crippen MR) is 149 cm³/mol. The summed E-state index contributed by atoms with van der Waals surface area (Å²) < 4.78 is 28.8. The molecule has 0 saturated carbocycles. The molecule has 0 N–H and O–H groups in total. The highest BCUT2D eigenvalue weighted by Gasteiger charge is 2.38. The monoisotopic (exact) mass is 506 g/mol. The Morgan fingerprint density at radius 2 is 1.66 bits per heavy atom. The third kappa shape index (κ3) is 14.0. The molecule has 1 unspecified atom stereocenters. The topological polar surface area (TPSA) is 46.2 Å². The van der Waals surface area contributed by atoms with Gasteiger partial charge in [-0.05, 0) is 68.9 Å². The fourth-order valence-corrected chi connectivity index (χ4v) is 4.37. The average molecular weight is 507 g/mol. The summed E-state index contributed by atoms with van der Waals surface area (Å²) in [5, 5.41) is 0.163. The molecule has 0 aliphatic heterocycles. The Morgan fingerprint density at radius 1 is 0.971 bits per heavy atom. The zero-order chi connectivity index (χ0) is 26.2. The van der Waals surface area contributed by atoms with E-state index in [0.29, 0.717) is 26.4 Å². The number of hydrogen-bond donors (Lipinski definition) is 0. The molecule has 0 saturated heterocycles. The highest BCUT2D eigenvalue weighted by atomic mass is 28.4. The van der Waals surface area contributed by atoms with E-state index in [0.717, 1.165) is 43.8 Å². The minimum Gasteiger partial charge on any atom is -0.497 e. The van der Waals surface area contributed by atoms with Gasteiger partial charge in [0, 0.05) is 19.8 Å². The number of ether oxygens (including phenoxy) is 4. The molecule has 200 valence electrons. The second-order valence-electron chi connectivity index (χ2n) is 10.4. The van der Waals surface area contributed by atoms with Crippen LogP contribution in [-0.4, -0.2) is 54.6 Å². The Bertz CT molecular complexity index is 734.